The summed E-state index contributed by atoms with van der Waals surface area (Å²) < 4.78 is 10.6. The molecule has 6 heteroatoms. The normalized spacial score (nSPS) is 10.9. The van der Waals surface area contributed by atoms with Crippen LogP contribution in [0.4, 0.5) is 10.5 Å². The van der Waals surface area contributed by atoms with Gasteiger partial charge in [0.15, 0.2) is 0 Å². The van der Waals surface area contributed by atoms with Crippen LogP contribution in [0.1, 0.15) is 50.9 Å². The zero-order chi connectivity index (χ0) is 16.8. The fraction of sp³-hybridized carbons (Fsp3) is 0.500. The van der Waals surface area contributed by atoms with E-state index in [1.807, 2.05) is 6.92 Å². The molecule has 0 heterocycles. The van der Waals surface area contributed by atoms with E-state index in [0.717, 1.165) is 12.8 Å². The van der Waals surface area contributed by atoms with Gasteiger partial charge in [0.2, 0.25) is 0 Å². The molecule has 1 amide bonds. The van der Waals surface area contributed by atoms with Crippen molar-refractivity contribution in [2.24, 2.45) is 0 Å². The van der Waals surface area contributed by atoms with Crippen molar-refractivity contribution in [3.05, 3.63) is 23.8 Å². The molecule has 0 unspecified atom stereocenters. The van der Waals surface area contributed by atoms with Gasteiger partial charge in [0.1, 0.15) is 16.9 Å². The number of hydrogen-bond donors (Lipinski definition) is 2. The Labute approximate surface area is 130 Å². The summed E-state index contributed by atoms with van der Waals surface area (Å²) >= 11 is 0. The van der Waals surface area contributed by atoms with Crippen LogP contribution in [0.5, 0.6) is 5.75 Å². The number of anilines is 1. The molecule has 0 aromatic heterocycles. The first kappa shape index (κ1) is 17.8. The van der Waals surface area contributed by atoms with E-state index in [4.69, 9.17) is 9.47 Å². The van der Waals surface area contributed by atoms with E-state index in [-0.39, 0.29) is 11.3 Å². The molecular formula is C16H23NO5. The topological polar surface area (TPSA) is 84.9 Å². The minimum atomic E-state index is -1.11. The molecule has 0 spiro atoms. The van der Waals surface area contributed by atoms with Crippen molar-refractivity contribution in [3.8, 4) is 5.75 Å². The Balaban J connectivity index is 2.84. The van der Waals surface area contributed by atoms with Gasteiger partial charge in [-0.1, -0.05) is 13.3 Å². The van der Waals surface area contributed by atoms with Crippen LogP contribution in [0, 0.1) is 0 Å². The second-order valence-electron chi connectivity index (χ2n) is 5.84. The number of aromatic carboxylic acids is 1. The predicted octanol–water partition coefficient (Wildman–Crippen LogP) is 3.91. The second-order valence-corrected chi connectivity index (χ2v) is 5.84. The van der Waals surface area contributed by atoms with Gasteiger partial charge in [-0.05, 0) is 45.4 Å². The van der Waals surface area contributed by atoms with E-state index >= 15 is 0 Å². The molecule has 0 aliphatic carbocycles. The first-order valence-corrected chi connectivity index (χ1v) is 7.23. The lowest BCUT2D eigenvalue weighted by Crippen LogP contribution is -2.27. The zero-order valence-electron chi connectivity index (χ0n) is 13.4. The van der Waals surface area contributed by atoms with Crippen molar-refractivity contribution in [2.45, 2.75) is 46.1 Å². The highest BCUT2D eigenvalue weighted by atomic mass is 16.6. The second kappa shape index (κ2) is 7.68. The zero-order valence-corrected chi connectivity index (χ0v) is 13.4. The molecule has 0 aliphatic heterocycles. The SMILES string of the molecule is CCCCOc1ccc(NC(=O)OC(C)(C)C)cc1C(=O)O. The molecule has 0 bridgehead atoms. The van der Waals surface area contributed by atoms with Crippen LogP contribution in [0.15, 0.2) is 18.2 Å². The minimum Gasteiger partial charge on any atom is -0.493 e. The van der Waals surface area contributed by atoms with Gasteiger partial charge in [-0.25, -0.2) is 9.59 Å². The fourth-order valence-corrected chi connectivity index (χ4v) is 1.65. The molecular weight excluding hydrogens is 286 g/mol. The number of amides is 1. The summed E-state index contributed by atoms with van der Waals surface area (Å²) in [6.07, 6.45) is 1.17. The average molecular weight is 309 g/mol. The van der Waals surface area contributed by atoms with E-state index in [2.05, 4.69) is 5.32 Å². The van der Waals surface area contributed by atoms with Crippen LogP contribution in [-0.2, 0) is 4.74 Å². The molecule has 0 atom stereocenters. The van der Waals surface area contributed by atoms with Gasteiger partial charge in [-0.15, -0.1) is 0 Å². The van der Waals surface area contributed by atoms with Crippen LogP contribution in [-0.4, -0.2) is 29.4 Å². The molecule has 1 rings (SSSR count). The number of nitrogens with one attached hydrogen (secondary N) is 1. The van der Waals surface area contributed by atoms with E-state index in [9.17, 15) is 14.7 Å². The molecule has 0 fully saturated rings. The lowest BCUT2D eigenvalue weighted by molar-refractivity contribution is 0.0632. The lowest BCUT2D eigenvalue weighted by Gasteiger charge is -2.20. The van der Waals surface area contributed by atoms with Crippen LogP contribution in [0.2, 0.25) is 0 Å². The summed E-state index contributed by atoms with van der Waals surface area (Å²) in [7, 11) is 0. The van der Waals surface area contributed by atoms with Crippen molar-refractivity contribution in [1.82, 2.24) is 0 Å². The predicted molar refractivity (Wildman–Crippen MR) is 83.7 cm³/mol. The van der Waals surface area contributed by atoms with Gasteiger partial charge in [-0.2, -0.15) is 0 Å². The quantitative estimate of drug-likeness (QED) is 0.778. The summed E-state index contributed by atoms with van der Waals surface area (Å²) in [5.41, 5.74) is -0.276. The third-order valence-electron chi connectivity index (χ3n) is 2.61. The number of carboxylic acid groups (broad SMARTS) is 1. The number of benzene rings is 1. The summed E-state index contributed by atoms with van der Waals surface area (Å²) in [6, 6.07) is 4.47. The van der Waals surface area contributed by atoms with E-state index in [1.54, 1.807) is 26.8 Å². The van der Waals surface area contributed by atoms with Gasteiger partial charge < -0.3 is 14.6 Å². The van der Waals surface area contributed by atoms with Crippen LogP contribution < -0.4 is 10.1 Å². The number of rotatable bonds is 6. The Morgan fingerprint density at radius 1 is 1.27 bits per heavy atom. The standard InChI is InChI=1S/C16H23NO5/c1-5-6-9-21-13-8-7-11(10-12(13)14(18)19)17-15(20)22-16(2,3)4/h7-8,10H,5-6,9H2,1-4H3,(H,17,20)(H,18,19). The number of carbonyl (C=O) groups is 2. The largest absolute Gasteiger partial charge is 0.493 e. The minimum absolute atomic E-state index is 0.00432. The summed E-state index contributed by atoms with van der Waals surface area (Å²) in [6.45, 7) is 7.73. The number of unbranched alkanes of at least 4 members (excludes halogenated alkanes) is 1. The number of hydrogen-bond acceptors (Lipinski definition) is 4. The van der Waals surface area contributed by atoms with Gasteiger partial charge in [0, 0.05) is 5.69 Å². The average Bonchev–Trinajstić information content (AvgIpc) is 2.38. The Hall–Kier alpha value is -2.24. The molecule has 1 aromatic rings. The van der Waals surface area contributed by atoms with E-state index in [1.165, 1.54) is 12.1 Å². The molecule has 0 saturated carbocycles. The van der Waals surface area contributed by atoms with Gasteiger partial charge in [-0.3, -0.25) is 5.32 Å². The number of ether oxygens (including phenoxy) is 2. The smallest absolute Gasteiger partial charge is 0.412 e. The van der Waals surface area contributed by atoms with E-state index < -0.39 is 17.7 Å². The van der Waals surface area contributed by atoms with Gasteiger partial charge >= 0.3 is 12.1 Å². The monoisotopic (exact) mass is 309 g/mol. The van der Waals surface area contributed by atoms with Crippen molar-refractivity contribution >= 4 is 17.7 Å². The summed E-state index contributed by atoms with van der Waals surface area (Å²) in [5.74, 6) is -0.824. The molecule has 0 saturated heterocycles. The van der Waals surface area contributed by atoms with E-state index in [0.29, 0.717) is 12.3 Å². The molecule has 1 aromatic carbocycles. The van der Waals surface area contributed by atoms with Gasteiger partial charge in [0.25, 0.3) is 0 Å². The Bertz CT molecular complexity index is 534. The molecule has 6 nitrogen and oxygen atoms in total. The lowest BCUT2D eigenvalue weighted by atomic mass is 10.1. The maximum absolute atomic E-state index is 11.7. The first-order valence-electron chi connectivity index (χ1n) is 7.23. The number of carbonyl (C=O) groups excluding carboxylic acids is 1. The third kappa shape index (κ3) is 6.03. The number of carboxylic acids is 1. The Kier molecular flexibility index (Phi) is 6.22. The van der Waals surface area contributed by atoms with Crippen molar-refractivity contribution in [1.29, 1.82) is 0 Å². The molecule has 122 valence electrons. The molecule has 0 aliphatic rings. The highest BCUT2D eigenvalue weighted by molar-refractivity contribution is 5.94. The molecule has 2 N–H and O–H groups in total. The van der Waals surface area contributed by atoms with Crippen LogP contribution >= 0.6 is 0 Å². The Morgan fingerprint density at radius 3 is 2.50 bits per heavy atom. The van der Waals surface area contributed by atoms with Crippen molar-refractivity contribution < 1.29 is 24.2 Å². The highest BCUT2D eigenvalue weighted by Gasteiger charge is 2.18. The maximum Gasteiger partial charge on any atom is 0.412 e. The van der Waals surface area contributed by atoms with Crippen molar-refractivity contribution in [2.75, 3.05) is 11.9 Å². The van der Waals surface area contributed by atoms with Crippen molar-refractivity contribution in [3.63, 3.8) is 0 Å². The molecule has 0 radical (unpaired) electrons. The highest BCUT2D eigenvalue weighted by Crippen LogP contribution is 2.24. The van der Waals surface area contributed by atoms with Gasteiger partial charge in [0.05, 0.1) is 6.61 Å². The fourth-order valence-electron chi connectivity index (χ4n) is 1.65. The Morgan fingerprint density at radius 2 is 1.95 bits per heavy atom. The van der Waals surface area contributed by atoms with Crippen LogP contribution in [0.25, 0.3) is 0 Å². The molecule has 22 heavy (non-hydrogen) atoms. The third-order valence-corrected chi connectivity index (χ3v) is 2.61. The maximum atomic E-state index is 11.7. The summed E-state index contributed by atoms with van der Waals surface area (Å²) in [5, 5.41) is 11.8. The first-order chi connectivity index (χ1) is 10.2. The van der Waals surface area contributed by atoms with Crippen LogP contribution in [0.3, 0.4) is 0 Å². The summed E-state index contributed by atoms with van der Waals surface area (Å²) in [4.78, 5) is 23.0.